The van der Waals surface area contributed by atoms with E-state index in [1.54, 1.807) is 0 Å². The Morgan fingerprint density at radius 3 is 1.77 bits per heavy atom. The van der Waals surface area contributed by atoms with Gasteiger partial charge in [0.25, 0.3) is 0 Å². The maximum Gasteiger partial charge on any atom is 0.330 e. The van der Waals surface area contributed by atoms with Crippen LogP contribution in [-0.4, -0.2) is 55.6 Å². The average Bonchev–Trinajstić information content (AvgIpc) is 3.32. The number of ether oxygens (including phenoxy) is 4. The molecule has 0 saturated heterocycles. The number of hydrogen-bond acceptors (Lipinski definition) is 6. The normalized spacial score (nSPS) is 12.1. The van der Waals surface area contributed by atoms with Crippen molar-refractivity contribution in [1.82, 2.24) is 4.57 Å². The Balaban J connectivity index is 1.50. The van der Waals surface area contributed by atoms with E-state index in [4.69, 9.17) is 18.9 Å². The molecule has 0 aliphatic rings. The molecule has 0 fully saturated rings. The first-order chi connectivity index (χ1) is 19.6. The van der Waals surface area contributed by atoms with Gasteiger partial charge in [-0.25, -0.2) is 9.59 Å². The summed E-state index contributed by atoms with van der Waals surface area (Å²) in [6.07, 6.45) is 1.87. The second-order valence-electron chi connectivity index (χ2n) is 9.28. The van der Waals surface area contributed by atoms with Crippen LogP contribution >= 0.6 is 0 Å². The minimum absolute atomic E-state index is 0.0980. The topological polar surface area (TPSA) is 76.0 Å². The van der Waals surface area contributed by atoms with Crippen LogP contribution in [0, 0.1) is 0 Å². The molecule has 7 heteroatoms. The van der Waals surface area contributed by atoms with Crippen LogP contribution in [0.4, 0.5) is 0 Å². The summed E-state index contributed by atoms with van der Waals surface area (Å²) >= 11 is 0. The van der Waals surface area contributed by atoms with Crippen LogP contribution in [0.1, 0.15) is 0 Å². The molecular formula is C33H31NO6. The van der Waals surface area contributed by atoms with Crippen LogP contribution in [0.15, 0.2) is 98.1 Å². The molecule has 1 aromatic heterocycles. The van der Waals surface area contributed by atoms with Crippen molar-refractivity contribution in [3.05, 3.63) is 98.1 Å². The molecule has 7 nitrogen and oxygen atoms in total. The first kappa shape index (κ1) is 27.1. The van der Waals surface area contributed by atoms with Gasteiger partial charge in [-0.3, -0.25) is 0 Å². The van der Waals surface area contributed by atoms with Crippen LogP contribution in [-0.2, 0) is 35.1 Å². The number of hydrogen-bond donors (Lipinski definition) is 0. The fraction of sp³-hybridized carbons (Fsp3) is 0.212. The Kier molecular flexibility index (Phi) is 8.54. The predicted molar refractivity (Wildman–Crippen MR) is 157 cm³/mol. The van der Waals surface area contributed by atoms with Crippen molar-refractivity contribution in [2.24, 2.45) is 0 Å². The van der Waals surface area contributed by atoms with E-state index in [-0.39, 0.29) is 39.1 Å². The molecule has 0 bridgehead atoms. The van der Waals surface area contributed by atoms with Gasteiger partial charge in [0.05, 0.1) is 32.5 Å². The highest BCUT2D eigenvalue weighted by Gasteiger charge is 2.19. The quantitative estimate of drug-likeness (QED) is 0.105. The van der Waals surface area contributed by atoms with Gasteiger partial charge in [-0.05, 0) is 33.7 Å². The van der Waals surface area contributed by atoms with Crippen molar-refractivity contribution >= 4 is 55.3 Å². The van der Waals surface area contributed by atoms with E-state index in [1.807, 2.05) is 0 Å². The summed E-state index contributed by atoms with van der Waals surface area (Å²) in [6, 6.07) is 25.4. The molecule has 0 aliphatic heterocycles. The van der Waals surface area contributed by atoms with Crippen molar-refractivity contribution in [3.8, 4) is 0 Å². The Bertz CT molecular complexity index is 1610. The maximum absolute atomic E-state index is 11.5. The van der Waals surface area contributed by atoms with Gasteiger partial charge in [-0.1, -0.05) is 73.8 Å². The molecule has 1 heterocycles. The Morgan fingerprint density at radius 1 is 0.700 bits per heavy atom. The molecule has 0 N–H and O–H groups in total. The van der Waals surface area contributed by atoms with Crippen LogP contribution in [0.3, 0.4) is 0 Å². The number of rotatable bonds is 13. The van der Waals surface area contributed by atoms with Crippen LogP contribution in [0.2, 0.25) is 0 Å². The summed E-state index contributed by atoms with van der Waals surface area (Å²) < 4.78 is 24.4. The van der Waals surface area contributed by atoms with Crippen molar-refractivity contribution in [2.45, 2.75) is 12.6 Å². The van der Waals surface area contributed by atoms with E-state index in [0.717, 1.165) is 23.2 Å². The molecule has 1 unspecified atom stereocenters. The molecule has 0 spiro atoms. The molecule has 5 rings (SSSR count). The second-order valence-corrected chi connectivity index (χ2v) is 9.28. The Morgan fingerprint density at radius 2 is 1.23 bits per heavy atom. The van der Waals surface area contributed by atoms with Crippen molar-refractivity contribution < 1.29 is 28.5 Å². The van der Waals surface area contributed by atoms with Gasteiger partial charge < -0.3 is 23.5 Å². The molecular weight excluding hydrogens is 506 g/mol. The monoisotopic (exact) mass is 537 g/mol. The average molecular weight is 538 g/mol. The highest BCUT2D eigenvalue weighted by molar-refractivity contribution is 6.27. The van der Waals surface area contributed by atoms with E-state index < -0.39 is 11.9 Å². The molecule has 0 saturated carbocycles. The van der Waals surface area contributed by atoms with Crippen LogP contribution in [0.5, 0.6) is 0 Å². The molecule has 0 radical (unpaired) electrons. The summed E-state index contributed by atoms with van der Waals surface area (Å²) in [5, 5.41) is 7.12. The third kappa shape index (κ3) is 5.76. The SMILES string of the molecule is C=CC(=O)OCCOCC(Cn1c2ccc3ccccc3c2c2c3ccccc3ccc21)OCCOC(=O)C=C. The van der Waals surface area contributed by atoms with E-state index >= 15 is 0 Å². The summed E-state index contributed by atoms with van der Waals surface area (Å²) in [6.45, 7) is 8.19. The number of benzene rings is 4. The lowest BCUT2D eigenvalue weighted by atomic mass is 10.00. The molecule has 40 heavy (non-hydrogen) atoms. The van der Waals surface area contributed by atoms with Gasteiger partial charge in [0.2, 0.25) is 0 Å². The largest absolute Gasteiger partial charge is 0.460 e. The zero-order valence-electron chi connectivity index (χ0n) is 22.2. The zero-order chi connectivity index (χ0) is 27.9. The number of fused-ring (bicyclic) bond motifs is 7. The minimum atomic E-state index is -0.499. The summed E-state index contributed by atoms with van der Waals surface area (Å²) in [5.74, 6) is -0.994. The van der Waals surface area contributed by atoms with E-state index in [9.17, 15) is 9.59 Å². The first-order valence-electron chi connectivity index (χ1n) is 13.2. The third-order valence-electron chi connectivity index (χ3n) is 6.82. The Labute approximate surface area is 232 Å². The lowest BCUT2D eigenvalue weighted by molar-refractivity contribution is -0.142. The molecule has 0 amide bonds. The van der Waals surface area contributed by atoms with Crippen molar-refractivity contribution in [1.29, 1.82) is 0 Å². The highest BCUT2D eigenvalue weighted by atomic mass is 16.6. The number of carbonyl (C=O) groups is 2. The molecule has 5 aromatic rings. The molecule has 4 aromatic carbocycles. The fourth-order valence-electron chi connectivity index (χ4n) is 5.07. The summed E-state index contributed by atoms with van der Waals surface area (Å²) in [7, 11) is 0. The smallest absolute Gasteiger partial charge is 0.330 e. The second kappa shape index (κ2) is 12.6. The fourth-order valence-corrected chi connectivity index (χ4v) is 5.07. The summed E-state index contributed by atoms with van der Waals surface area (Å²) in [4.78, 5) is 22.8. The van der Waals surface area contributed by atoms with Gasteiger partial charge in [0, 0.05) is 34.0 Å². The van der Waals surface area contributed by atoms with Gasteiger partial charge in [0.1, 0.15) is 13.2 Å². The van der Waals surface area contributed by atoms with Gasteiger partial charge >= 0.3 is 11.9 Å². The van der Waals surface area contributed by atoms with Crippen LogP contribution < -0.4 is 0 Å². The Hall–Kier alpha value is -4.46. The van der Waals surface area contributed by atoms with Gasteiger partial charge in [0.15, 0.2) is 0 Å². The molecule has 204 valence electrons. The lowest BCUT2D eigenvalue weighted by Gasteiger charge is -2.20. The first-order valence-corrected chi connectivity index (χ1v) is 13.2. The minimum Gasteiger partial charge on any atom is -0.460 e. The zero-order valence-corrected chi connectivity index (χ0v) is 22.2. The number of carbonyl (C=O) groups excluding carboxylic acids is 2. The molecule has 1 atom stereocenters. The highest BCUT2D eigenvalue weighted by Crippen LogP contribution is 2.39. The maximum atomic E-state index is 11.5. The van der Waals surface area contributed by atoms with E-state index in [1.165, 1.54) is 32.3 Å². The summed E-state index contributed by atoms with van der Waals surface area (Å²) in [5.41, 5.74) is 2.19. The number of aromatic nitrogens is 1. The van der Waals surface area contributed by atoms with Crippen LogP contribution in [0.25, 0.3) is 43.4 Å². The predicted octanol–water partition coefficient (Wildman–Crippen LogP) is 5.96. The van der Waals surface area contributed by atoms with Crippen molar-refractivity contribution in [2.75, 3.05) is 33.0 Å². The standard InChI is InChI=1S/C33H31NO6/c1-3-30(35)39-18-17-37-22-25(38-19-20-40-31(36)4-2)21-34-28-15-13-23-9-5-7-11-26(23)32(28)33-27-12-8-6-10-24(27)14-16-29(33)34/h3-16,25H,1-2,17-22H2. The van der Waals surface area contributed by atoms with Gasteiger partial charge in [-0.15, -0.1) is 0 Å². The number of nitrogens with zero attached hydrogens (tertiary/aromatic N) is 1. The third-order valence-corrected chi connectivity index (χ3v) is 6.82. The lowest BCUT2D eigenvalue weighted by Crippen LogP contribution is -2.28. The molecule has 0 aliphatic carbocycles. The van der Waals surface area contributed by atoms with Gasteiger partial charge in [-0.2, -0.15) is 0 Å². The van der Waals surface area contributed by atoms with Crippen molar-refractivity contribution in [3.63, 3.8) is 0 Å². The number of esters is 2. The van der Waals surface area contributed by atoms with E-state index in [2.05, 4.69) is 90.5 Å². The van der Waals surface area contributed by atoms with E-state index in [0.29, 0.717) is 6.54 Å².